The number of benzene rings is 3. The van der Waals surface area contributed by atoms with E-state index in [1.165, 1.54) is 0 Å². The van der Waals surface area contributed by atoms with E-state index in [1.807, 2.05) is 59.5 Å². The predicted molar refractivity (Wildman–Crippen MR) is 101 cm³/mol. The summed E-state index contributed by atoms with van der Waals surface area (Å²) in [6.07, 6.45) is 0.154. The summed E-state index contributed by atoms with van der Waals surface area (Å²) in [7, 11) is 1.68. The van der Waals surface area contributed by atoms with E-state index in [1.54, 1.807) is 7.11 Å². The van der Waals surface area contributed by atoms with Gasteiger partial charge in [-0.1, -0.05) is 54.1 Å². The highest BCUT2D eigenvalue weighted by Crippen LogP contribution is 2.33. The number of likely N-dealkylation sites (tertiary alicyclic amines) is 1. The van der Waals surface area contributed by atoms with Crippen molar-refractivity contribution >= 4 is 28.3 Å². The molecule has 0 unspecified atom stereocenters. The highest BCUT2D eigenvalue weighted by molar-refractivity contribution is 6.31. The van der Waals surface area contributed by atoms with Crippen molar-refractivity contribution in [2.24, 2.45) is 0 Å². The zero-order chi connectivity index (χ0) is 17.4. The highest BCUT2D eigenvalue weighted by atomic mass is 35.5. The molecule has 126 valence electrons. The van der Waals surface area contributed by atoms with Crippen molar-refractivity contribution in [2.45, 2.75) is 6.10 Å². The molecule has 0 radical (unpaired) electrons. The van der Waals surface area contributed by atoms with Gasteiger partial charge in [0.15, 0.2) is 0 Å². The van der Waals surface area contributed by atoms with Crippen LogP contribution in [0.3, 0.4) is 0 Å². The van der Waals surface area contributed by atoms with Gasteiger partial charge in [-0.3, -0.25) is 4.79 Å². The summed E-state index contributed by atoms with van der Waals surface area (Å²) >= 11 is 6.15. The third-order valence-electron chi connectivity index (χ3n) is 4.76. The van der Waals surface area contributed by atoms with Gasteiger partial charge in [0, 0.05) is 30.8 Å². The molecular formula is C21H18ClNO2. The smallest absolute Gasteiger partial charge is 0.254 e. The first-order valence-corrected chi connectivity index (χ1v) is 8.65. The van der Waals surface area contributed by atoms with E-state index in [2.05, 4.69) is 6.07 Å². The molecule has 0 aromatic heterocycles. The van der Waals surface area contributed by atoms with Crippen LogP contribution >= 0.6 is 11.6 Å². The van der Waals surface area contributed by atoms with Crippen molar-refractivity contribution in [3.05, 3.63) is 71.2 Å². The molecule has 0 spiro atoms. The molecule has 1 aliphatic rings. The molecule has 1 amide bonds. The molecule has 1 heterocycles. The lowest BCUT2D eigenvalue weighted by molar-refractivity contribution is -0.0190. The minimum absolute atomic E-state index is 0.0575. The fourth-order valence-electron chi connectivity index (χ4n) is 3.32. The molecule has 1 aliphatic heterocycles. The summed E-state index contributed by atoms with van der Waals surface area (Å²) in [6, 6.07) is 19.7. The van der Waals surface area contributed by atoms with Crippen molar-refractivity contribution in [1.82, 2.24) is 4.90 Å². The fourth-order valence-corrected chi connectivity index (χ4v) is 3.51. The molecule has 3 aromatic carbocycles. The van der Waals surface area contributed by atoms with Gasteiger partial charge in [0.05, 0.1) is 6.10 Å². The third kappa shape index (κ3) is 2.90. The SMILES string of the molecule is COC1CN(C(=O)c2ccc(-c3cccc(Cl)c3)c3ccccc23)C1. The Bertz CT molecular complexity index is 948. The summed E-state index contributed by atoms with van der Waals surface area (Å²) in [5.41, 5.74) is 2.86. The molecule has 4 heteroatoms. The van der Waals surface area contributed by atoms with Crippen LogP contribution in [0.1, 0.15) is 10.4 Å². The van der Waals surface area contributed by atoms with Gasteiger partial charge in [0.1, 0.15) is 0 Å². The molecule has 0 saturated carbocycles. The Morgan fingerprint density at radius 3 is 2.52 bits per heavy atom. The number of carbonyl (C=O) groups excluding carboxylic acids is 1. The molecule has 25 heavy (non-hydrogen) atoms. The van der Waals surface area contributed by atoms with E-state index >= 15 is 0 Å². The van der Waals surface area contributed by atoms with E-state index in [0.717, 1.165) is 27.5 Å². The van der Waals surface area contributed by atoms with Gasteiger partial charge in [-0.25, -0.2) is 0 Å². The molecule has 0 N–H and O–H groups in total. The Hall–Kier alpha value is -2.36. The quantitative estimate of drug-likeness (QED) is 0.688. The number of halogens is 1. The van der Waals surface area contributed by atoms with Gasteiger partial charge in [-0.15, -0.1) is 0 Å². The van der Waals surface area contributed by atoms with Crippen LogP contribution in [0.2, 0.25) is 5.02 Å². The summed E-state index contributed by atoms with van der Waals surface area (Å²) < 4.78 is 5.27. The molecule has 3 aromatic rings. The first-order chi connectivity index (χ1) is 12.2. The lowest BCUT2D eigenvalue weighted by Crippen LogP contribution is -2.54. The normalized spacial score (nSPS) is 14.6. The van der Waals surface area contributed by atoms with Gasteiger partial charge in [0.2, 0.25) is 0 Å². The Labute approximate surface area is 151 Å². The van der Waals surface area contributed by atoms with Crippen LogP contribution < -0.4 is 0 Å². The van der Waals surface area contributed by atoms with Crippen molar-refractivity contribution in [2.75, 3.05) is 20.2 Å². The van der Waals surface area contributed by atoms with Gasteiger partial charge < -0.3 is 9.64 Å². The number of rotatable bonds is 3. The summed E-state index contributed by atoms with van der Waals surface area (Å²) in [6.45, 7) is 1.30. The highest BCUT2D eigenvalue weighted by Gasteiger charge is 2.31. The number of methoxy groups -OCH3 is 1. The molecule has 1 fully saturated rings. The van der Waals surface area contributed by atoms with Crippen molar-refractivity contribution in [3.63, 3.8) is 0 Å². The maximum absolute atomic E-state index is 12.9. The van der Waals surface area contributed by atoms with Crippen molar-refractivity contribution < 1.29 is 9.53 Å². The Balaban J connectivity index is 1.79. The second kappa shape index (κ2) is 6.51. The van der Waals surface area contributed by atoms with Crippen LogP contribution in [0.15, 0.2) is 60.7 Å². The minimum atomic E-state index is 0.0575. The molecule has 4 rings (SSSR count). The van der Waals surface area contributed by atoms with Crippen LogP contribution in [-0.2, 0) is 4.74 Å². The lowest BCUT2D eigenvalue weighted by Gasteiger charge is -2.38. The van der Waals surface area contributed by atoms with E-state index in [0.29, 0.717) is 18.1 Å². The Kier molecular flexibility index (Phi) is 4.20. The zero-order valence-corrected chi connectivity index (χ0v) is 14.7. The second-order valence-corrected chi connectivity index (χ2v) is 6.72. The molecule has 0 aliphatic carbocycles. The Morgan fingerprint density at radius 1 is 1.04 bits per heavy atom. The van der Waals surface area contributed by atoms with Crippen LogP contribution in [0.4, 0.5) is 0 Å². The predicted octanol–water partition coefficient (Wildman–Crippen LogP) is 4.63. The number of amides is 1. The topological polar surface area (TPSA) is 29.5 Å². The van der Waals surface area contributed by atoms with Crippen LogP contribution in [0.5, 0.6) is 0 Å². The number of ether oxygens (including phenoxy) is 1. The van der Waals surface area contributed by atoms with E-state index in [4.69, 9.17) is 16.3 Å². The number of hydrogen-bond donors (Lipinski definition) is 0. The van der Waals surface area contributed by atoms with Gasteiger partial charge in [0.25, 0.3) is 5.91 Å². The number of nitrogens with zero attached hydrogens (tertiary/aromatic N) is 1. The minimum Gasteiger partial charge on any atom is -0.378 e. The van der Waals surface area contributed by atoms with E-state index in [9.17, 15) is 4.79 Å². The average molecular weight is 352 g/mol. The second-order valence-electron chi connectivity index (χ2n) is 6.28. The van der Waals surface area contributed by atoms with E-state index < -0.39 is 0 Å². The molecule has 3 nitrogen and oxygen atoms in total. The van der Waals surface area contributed by atoms with Crippen LogP contribution in [0.25, 0.3) is 21.9 Å². The molecule has 0 bridgehead atoms. The first-order valence-electron chi connectivity index (χ1n) is 8.27. The van der Waals surface area contributed by atoms with Crippen molar-refractivity contribution in [1.29, 1.82) is 0 Å². The maximum atomic E-state index is 12.9. The third-order valence-corrected chi connectivity index (χ3v) is 4.99. The zero-order valence-electron chi connectivity index (χ0n) is 13.9. The summed E-state index contributed by atoms with van der Waals surface area (Å²) in [5.74, 6) is 0.0575. The van der Waals surface area contributed by atoms with Gasteiger partial charge in [-0.05, 0) is 40.1 Å². The largest absolute Gasteiger partial charge is 0.378 e. The number of hydrogen-bond acceptors (Lipinski definition) is 2. The number of carbonyl (C=O) groups is 1. The monoisotopic (exact) mass is 351 g/mol. The maximum Gasteiger partial charge on any atom is 0.254 e. The molecule has 0 atom stereocenters. The number of fused-ring (bicyclic) bond motifs is 1. The molecular weight excluding hydrogens is 334 g/mol. The van der Waals surface area contributed by atoms with Gasteiger partial charge >= 0.3 is 0 Å². The lowest BCUT2D eigenvalue weighted by atomic mass is 9.94. The summed E-state index contributed by atoms with van der Waals surface area (Å²) in [4.78, 5) is 14.7. The van der Waals surface area contributed by atoms with Crippen LogP contribution in [-0.4, -0.2) is 37.1 Å². The van der Waals surface area contributed by atoms with E-state index in [-0.39, 0.29) is 12.0 Å². The standard InChI is InChI=1S/C21H18ClNO2/c1-25-16-12-23(13-16)21(24)20-10-9-17(14-5-4-6-15(22)11-14)18-7-2-3-8-19(18)20/h2-11,16H,12-13H2,1H3. The Morgan fingerprint density at radius 2 is 1.80 bits per heavy atom. The van der Waals surface area contributed by atoms with Crippen molar-refractivity contribution in [3.8, 4) is 11.1 Å². The summed E-state index contributed by atoms with van der Waals surface area (Å²) in [5, 5.41) is 2.72. The molecule has 1 saturated heterocycles. The fraction of sp³-hybridized carbons (Fsp3) is 0.190. The van der Waals surface area contributed by atoms with Gasteiger partial charge in [-0.2, -0.15) is 0 Å². The first kappa shape index (κ1) is 16.1. The average Bonchev–Trinajstić information content (AvgIpc) is 2.59. The van der Waals surface area contributed by atoms with Crippen LogP contribution in [0, 0.1) is 0 Å².